The average Bonchev–Trinajstić information content (AvgIpc) is 3.32. The summed E-state index contributed by atoms with van der Waals surface area (Å²) in [4.78, 5) is 16.8. The molecule has 4 N–H and O–H groups in total. The lowest BCUT2D eigenvalue weighted by molar-refractivity contribution is -0.115. The largest absolute Gasteiger partial charge is 0.383 e. The number of nitrogens with one attached hydrogen (secondary N) is 2. The molecule has 0 saturated heterocycles. The molecule has 4 rings (SSSR count). The number of rotatable bonds is 9. The predicted molar refractivity (Wildman–Crippen MR) is 154 cm³/mol. The van der Waals surface area contributed by atoms with E-state index in [1.54, 1.807) is 6.92 Å². The summed E-state index contributed by atoms with van der Waals surface area (Å²) >= 11 is 2.30. The van der Waals surface area contributed by atoms with Gasteiger partial charge in [0, 0.05) is 23.4 Å². The number of amides is 1. The first-order valence-corrected chi connectivity index (χ1v) is 15.0. The number of carbonyl (C=O) groups is 1. The molecule has 2 heterocycles. The Balaban J connectivity index is 1.41. The van der Waals surface area contributed by atoms with Crippen molar-refractivity contribution >= 4 is 55.7 Å². The van der Waals surface area contributed by atoms with Crippen LogP contribution in [-0.2, 0) is 14.8 Å². The van der Waals surface area contributed by atoms with Crippen molar-refractivity contribution in [1.29, 1.82) is 10.5 Å². The van der Waals surface area contributed by atoms with Gasteiger partial charge in [-0.2, -0.15) is 10.5 Å². The van der Waals surface area contributed by atoms with Crippen LogP contribution in [0, 0.1) is 36.5 Å². The lowest BCUT2D eigenvalue weighted by Crippen LogP contribution is -2.14. The van der Waals surface area contributed by atoms with Crippen molar-refractivity contribution in [2.45, 2.75) is 30.2 Å². The van der Waals surface area contributed by atoms with Gasteiger partial charge in [0.25, 0.3) is 10.0 Å². The second kappa shape index (κ2) is 12.1. The molecule has 1 amide bonds. The molecule has 202 valence electrons. The SMILES string of the molecule is Cc1ccc(-c2c(C#N)c(N)nc(SCCC(=O)Nc3ccc(S(=O)(=O)Nc4nnc(C)s4)cc3)c2C#N)cc1. The second-order valence-corrected chi connectivity index (χ2v) is 12.4. The van der Waals surface area contributed by atoms with E-state index in [4.69, 9.17) is 5.73 Å². The number of aryl methyl sites for hydroxylation is 2. The van der Waals surface area contributed by atoms with E-state index >= 15 is 0 Å². The first kappa shape index (κ1) is 28.5. The molecule has 0 radical (unpaired) electrons. The van der Waals surface area contributed by atoms with Crippen LogP contribution in [0.25, 0.3) is 11.1 Å². The van der Waals surface area contributed by atoms with Crippen molar-refractivity contribution in [3.8, 4) is 23.3 Å². The molecular weight excluding hydrogens is 569 g/mol. The van der Waals surface area contributed by atoms with Gasteiger partial charge in [0.15, 0.2) is 0 Å². The number of carbonyl (C=O) groups excluding carboxylic acids is 1. The van der Waals surface area contributed by atoms with Gasteiger partial charge in [0.05, 0.1) is 10.5 Å². The average molecular weight is 591 g/mol. The van der Waals surface area contributed by atoms with E-state index in [0.29, 0.717) is 26.8 Å². The first-order chi connectivity index (χ1) is 19.1. The van der Waals surface area contributed by atoms with Crippen LogP contribution in [0.2, 0.25) is 0 Å². The molecule has 0 unspecified atom stereocenters. The fraction of sp³-hybridized carbons (Fsp3) is 0.154. The van der Waals surface area contributed by atoms with Crippen LogP contribution in [0.15, 0.2) is 58.5 Å². The van der Waals surface area contributed by atoms with Crippen LogP contribution >= 0.6 is 23.1 Å². The molecule has 0 spiro atoms. The number of hydrogen-bond acceptors (Lipinski definition) is 11. The third-order valence-corrected chi connectivity index (χ3v) is 8.74. The van der Waals surface area contributed by atoms with Crippen molar-refractivity contribution in [2.24, 2.45) is 0 Å². The minimum atomic E-state index is -3.85. The van der Waals surface area contributed by atoms with E-state index in [0.717, 1.165) is 16.9 Å². The number of sulfonamides is 1. The van der Waals surface area contributed by atoms with Gasteiger partial charge >= 0.3 is 0 Å². The summed E-state index contributed by atoms with van der Waals surface area (Å²) in [5.41, 5.74) is 8.93. The summed E-state index contributed by atoms with van der Waals surface area (Å²) < 4.78 is 27.5. The number of thioether (sulfide) groups is 1. The van der Waals surface area contributed by atoms with Crippen LogP contribution in [0.3, 0.4) is 0 Å². The van der Waals surface area contributed by atoms with Gasteiger partial charge in [-0.15, -0.1) is 22.0 Å². The highest BCUT2D eigenvalue weighted by Crippen LogP contribution is 2.36. The summed E-state index contributed by atoms with van der Waals surface area (Å²) in [5.74, 6) is -0.0246. The molecule has 0 bridgehead atoms. The van der Waals surface area contributed by atoms with E-state index in [-0.39, 0.29) is 45.1 Å². The Bertz CT molecular complexity index is 1760. The number of benzene rings is 2. The zero-order valence-corrected chi connectivity index (χ0v) is 23.7. The standard InChI is InChI=1S/C26H22N8O3S3/c1-15-3-5-17(6-4-15)23-20(13-27)24(29)31-25(21(23)14-28)38-12-11-22(35)30-18-7-9-19(10-8-18)40(36,37)34-26-33-32-16(2)39-26/h3-10H,11-12H2,1-2H3,(H2,29,31)(H,30,35)(H,33,34). The zero-order chi connectivity index (χ0) is 28.9. The van der Waals surface area contributed by atoms with E-state index in [2.05, 4.69) is 31.3 Å². The minimum Gasteiger partial charge on any atom is -0.383 e. The number of hydrogen-bond donors (Lipinski definition) is 3. The highest BCUT2D eigenvalue weighted by Gasteiger charge is 2.21. The van der Waals surface area contributed by atoms with E-state index in [1.807, 2.05) is 37.3 Å². The highest BCUT2D eigenvalue weighted by atomic mass is 32.2. The number of nitrogens with zero attached hydrogens (tertiary/aromatic N) is 5. The predicted octanol–water partition coefficient (Wildman–Crippen LogP) is 4.46. The van der Waals surface area contributed by atoms with Gasteiger partial charge in [0.1, 0.15) is 33.6 Å². The molecule has 0 saturated carbocycles. The maximum absolute atomic E-state index is 12.5. The summed E-state index contributed by atoms with van der Waals surface area (Å²) in [7, 11) is -3.85. The Morgan fingerprint density at radius 2 is 1.70 bits per heavy atom. The Morgan fingerprint density at radius 3 is 2.30 bits per heavy atom. The molecule has 0 atom stereocenters. The van der Waals surface area contributed by atoms with Gasteiger partial charge < -0.3 is 11.1 Å². The number of nitriles is 2. The fourth-order valence-electron chi connectivity index (χ4n) is 3.60. The summed E-state index contributed by atoms with van der Waals surface area (Å²) in [6.45, 7) is 3.65. The maximum atomic E-state index is 12.5. The zero-order valence-electron chi connectivity index (χ0n) is 21.3. The molecule has 11 nitrogen and oxygen atoms in total. The number of nitrogen functional groups attached to an aromatic ring is 1. The van der Waals surface area contributed by atoms with Gasteiger partial charge in [-0.1, -0.05) is 41.2 Å². The molecule has 0 aliphatic heterocycles. The normalized spacial score (nSPS) is 10.9. The van der Waals surface area contributed by atoms with Gasteiger partial charge in [-0.3, -0.25) is 9.52 Å². The summed E-state index contributed by atoms with van der Waals surface area (Å²) in [5, 5.41) is 30.9. The van der Waals surface area contributed by atoms with E-state index in [9.17, 15) is 23.7 Å². The third kappa shape index (κ3) is 6.55. The second-order valence-electron chi connectivity index (χ2n) is 8.42. The smallest absolute Gasteiger partial charge is 0.263 e. The molecule has 2 aromatic carbocycles. The molecule has 14 heteroatoms. The molecule has 40 heavy (non-hydrogen) atoms. The molecular formula is C26H22N8O3S3. The van der Waals surface area contributed by atoms with Crippen LogP contribution in [0.1, 0.15) is 28.1 Å². The maximum Gasteiger partial charge on any atom is 0.263 e. The summed E-state index contributed by atoms with van der Waals surface area (Å²) in [6.07, 6.45) is 0.0784. The topological polar surface area (TPSA) is 188 Å². The molecule has 4 aromatic rings. The first-order valence-electron chi connectivity index (χ1n) is 11.7. The lowest BCUT2D eigenvalue weighted by Gasteiger charge is -2.13. The molecule has 0 aliphatic rings. The summed E-state index contributed by atoms with van der Waals surface area (Å²) in [6, 6.07) is 17.3. The highest BCUT2D eigenvalue weighted by molar-refractivity contribution is 7.99. The van der Waals surface area contributed by atoms with E-state index < -0.39 is 10.0 Å². The minimum absolute atomic E-state index is 0.00630. The van der Waals surface area contributed by atoms with Crippen molar-refractivity contribution in [3.63, 3.8) is 0 Å². The molecule has 2 aromatic heterocycles. The lowest BCUT2D eigenvalue weighted by atomic mass is 9.96. The van der Waals surface area contributed by atoms with Gasteiger partial charge in [-0.25, -0.2) is 13.4 Å². The van der Waals surface area contributed by atoms with Crippen molar-refractivity contribution in [3.05, 3.63) is 70.2 Å². The third-order valence-electron chi connectivity index (χ3n) is 5.52. The quantitative estimate of drug-likeness (QED) is 0.235. The number of anilines is 3. The fourth-order valence-corrected chi connectivity index (χ4v) is 6.36. The Hall–Kier alpha value is -4.50. The Kier molecular flexibility index (Phi) is 8.64. The number of aromatic nitrogens is 3. The van der Waals surface area contributed by atoms with Gasteiger partial charge in [0.2, 0.25) is 11.0 Å². The van der Waals surface area contributed by atoms with Crippen molar-refractivity contribution < 1.29 is 13.2 Å². The van der Waals surface area contributed by atoms with Gasteiger partial charge in [-0.05, 0) is 43.7 Å². The Labute approximate surface area is 239 Å². The van der Waals surface area contributed by atoms with Crippen LogP contribution in [0.4, 0.5) is 16.6 Å². The molecule has 0 aliphatic carbocycles. The van der Waals surface area contributed by atoms with Crippen molar-refractivity contribution in [2.75, 3.05) is 21.5 Å². The van der Waals surface area contributed by atoms with Crippen LogP contribution in [0.5, 0.6) is 0 Å². The monoisotopic (exact) mass is 590 g/mol. The van der Waals surface area contributed by atoms with Crippen molar-refractivity contribution in [1.82, 2.24) is 15.2 Å². The van der Waals surface area contributed by atoms with Crippen LogP contribution < -0.4 is 15.8 Å². The number of pyridine rings is 1. The van der Waals surface area contributed by atoms with E-state index in [1.165, 1.54) is 36.0 Å². The molecule has 0 fully saturated rings. The van der Waals surface area contributed by atoms with Crippen LogP contribution in [-0.4, -0.2) is 35.3 Å². The Morgan fingerprint density at radius 1 is 1.02 bits per heavy atom. The number of nitrogens with two attached hydrogens (primary N) is 1.